The predicted octanol–water partition coefficient (Wildman–Crippen LogP) is -2.39. The summed E-state index contributed by atoms with van der Waals surface area (Å²) in [5, 5.41) is 18.4. The van der Waals surface area contributed by atoms with E-state index < -0.39 is 40.4 Å². The Hall–Kier alpha value is 0.1000. The van der Waals surface area contributed by atoms with Crippen molar-refractivity contribution in [2.45, 2.75) is 24.8 Å². The van der Waals surface area contributed by atoms with Crippen molar-refractivity contribution in [2.75, 3.05) is 0 Å². The van der Waals surface area contributed by atoms with Gasteiger partial charge in [-0.2, -0.15) is 0 Å². The smallest absolute Gasteiger partial charge is 0.385 e. The van der Waals surface area contributed by atoms with Crippen LogP contribution in [0, 0.1) is 0 Å². The van der Waals surface area contributed by atoms with Crippen molar-refractivity contribution >= 4 is 15.6 Å². The van der Waals surface area contributed by atoms with Crippen molar-refractivity contribution in [1.82, 2.24) is 0 Å². The second kappa shape index (κ2) is 5.00. The number of rotatable bonds is 4. The highest BCUT2D eigenvalue weighted by Gasteiger charge is 2.48. The minimum Gasteiger partial charge on any atom is -0.385 e. The molecule has 1 aliphatic rings. The fourth-order valence-electron chi connectivity index (χ4n) is 1.06. The van der Waals surface area contributed by atoms with Gasteiger partial charge in [0, 0.05) is 0 Å². The Morgan fingerprint density at radius 1 is 0.824 bits per heavy atom. The molecule has 1 rings (SSSR count). The maximum atomic E-state index is 10.4. The zero-order chi connectivity index (χ0) is 13.4. The summed E-state index contributed by atoms with van der Waals surface area (Å²) >= 11 is 0. The molecule has 1 fully saturated rings. The van der Waals surface area contributed by atoms with Gasteiger partial charge in [0.2, 0.25) is 12.6 Å². The monoisotopic (exact) mass is 296 g/mol. The Kier molecular flexibility index (Phi) is 4.46. The van der Waals surface area contributed by atoms with Crippen molar-refractivity contribution in [2.24, 2.45) is 0 Å². The van der Waals surface area contributed by atoms with Crippen LogP contribution in [0.1, 0.15) is 0 Å². The molecule has 0 amide bonds. The van der Waals surface area contributed by atoms with Crippen molar-refractivity contribution in [3.63, 3.8) is 0 Å². The first-order valence-electron chi connectivity index (χ1n) is 3.99. The summed E-state index contributed by atoms with van der Waals surface area (Å²) in [6, 6.07) is 0. The Morgan fingerprint density at radius 2 is 1.12 bits per heavy atom. The van der Waals surface area contributed by atoms with Gasteiger partial charge in [-0.1, -0.05) is 0 Å². The normalized spacial score (nSPS) is 35.2. The first kappa shape index (κ1) is 15.2. The van der Waals surface area contributed by atoms with Crippen LogP contribution in [0.15, 0.2) is 0 Å². The van der Waals surface area contributed by atoms with Crippen LogP contribution < -0.4 is 0 Å². The molecule has 13 heteroatoms. The molecule has 1 heterocycles. The summed E-state index contributed by atoms with van der Waals surface area (Å²) in [5.41, 5.74) is 0. The lowest BCUT2D eigenvalue weighted by atomic mass is 10.2. The highest BCUT2D eigenvalue weighted by molar-refractivity contribution is 7.46. The molecular formula is C4H10O11P2. The van der Waals surface area contributed by atoms with Gasteiger partial charge in [-0.25, -0.2) is 9.13 Å². The van der Waals surface area contributed by atoms with Gasteiger partial charge >= 0.3 is 15.6 Å². The van der Waals surface area contributed by atoms with Gasteiger partial charge in [-0.3, -0.25) is 9.05 Å². The molecule has 1 saturated heterocycles. The Morgan fingerprint density at radius 3 is 1.35 bits per heavy atom. The van der Waals surface area contributed by atoms with Gasteiger partial charge in [0.05, 0.1) is 0 Å². The van der Waals surface area contributed by atoms with Crippen LogP contribution in [0.25, 0.3) is 0 Å². The number of hydrogen-bond acceptors (Lipinski definition) is 7. The number of phosphoric ester groups is 2. The van der Waals surface area contributed by atoms with Crippen molar-refractivity contribution < 1.29 is 52.7 Å². The van der Waals surface area contributed by atoms with E-state index in [9.17, 15) is 19.3 Å². The predicted molar refractivity (Wildman–Crippen MR) is 46.9 cm³/mol. The highest BCUT2D eigenvalue weighted by atomic mass is 31.2. The van der Waals surface area contributed by atoms with Crippen LogP contribution in [0.3, 0.4) is 0 Å². The summed E-state index contributed by atoms with van der Waals surface area (Å²) in [4.78, 5) is 33.7. The summed E-state index contributed by atoms with van der Waals surface area (Å²) in [5.74, 6) is 0. The van der Waals surface area contributed by atoms with Crippen LogP contribution in [0.2, 0.25) is 0 Å². The van der Waals surface area contributed by atoms with Crippen molar-refractivity contribution in [1.29, 1.82) is 0 Å². The lowest BCUT2D eigenvalue weighted by Gasteiger charge is -2.15. The van der Waals surface area contributed by atoms with E-state index in [1.807, 2.05) is 0 Å². The molecule has 1 aliphatic heterocycles. The number of hydrogen-bond donors (Lipinski definition) is 6. The fourth-order valence-corrected chi connectivity index (χ4v) is 1.95. The first-order chi connectivity index (χ1) is 7.49. The van der Waals surface area contributed by atoms with E-state index >= 15 is 0 Å². The van der Waals surface area contributed by atoms with Gasteiger partial charge < -0.3 is 34.5 Å². The molecule has 17 heavy (non-hydrogen) atoms. The average Bonchev–Trinajstić information content (AvgIpc) is 2.28. The molecule has 0 aliphatic carbocycles. The lowest BCUT2D eigenvalue weighted by Crippen LogP contribution is -2.33. The van der Waals surface area contributed by atoms with E-state index in [1.54, 1.807) is 0 Å². The van der Waals surface area contributed by atoms with Crippen LogP contribution in [-0.2, 0) is 22.9 Å². The topological polar surface area (TPSA) is 183 Å². The summed E-state index contributed by atoms with van der Waals surface area (Å²) in [7, 11) is -10.0. The number of aliphatic hydroxyl groups excluding tert-OH is 2. The van der Waals surface area contributed by atoms with Crippen molar-refractivity contribution in [3.05, 3.63) is 0 Å². The lowest BCUT2D eigenvalue weighted by molar-refractivity contribution is -0.170. The Balaban J connectivity index is 2.69. The maximum Gasteiger partial charge on any atom is 0.472 e. The largest absolute Gasteiger partial charge is 0.472 e. The van der Waals surface area contributed by atoms with Gasteiger partial charge in [-0.05, 0) is 0 Å². The van der Waals surface area contributed by atoms with Crippen LogP contribution in [0.4, 0.5) is 0 Å². The molecule has 0 aromatic heterocycles. The minimum atomic E-state index is -5.00. The maximum absolute atomic E-state index is 10.4. The minimum absolute atomic E-state index is 1.93. The second-order valence-electron chi connectivity index (χ2n) is 3.05. The van der Waals surface area contributed by atoms with E-state index in [0.717, 1.165) is 0 Å². The molecule has 0 aromatic carbocycles. The highest BCUT2D eigenvalue weighted by Crippen LogP contribution is 2.45. The molecule has 0 bridgehead atoms. The molecule has 0 spiro atoms. The third-order valence-corrected chi connectivity index (χ3v) is 2.62. The number of ether oxygens (including phenoxy) is 1. The standard InChI is InChI=1S/C4H10O11P2/c5-1-2(6)4(15-17(10,11)12)13-3(1)14-16(7,8)9/h1-6H,(H2,7,8,9)(H2,10,11,12)/t1-,2?,3-,4+/m0/s1. The van der Waals surface area contributed by atoms with Crippen LogP contribution >= 0.6 is 15.6 Å². The molecule has 6 N–H and O–H groups in total. The molecular weight excluding hydrogens is 286 g/mol. The SMILES string of the molecule is O=P(O)(O)O[C@H]1O[C@@H](OP(=O)(O)O)[C@@H](O)C1O. The van der Waals surface area contributed by atoms with Crippen LogP contribution in [-0.4, -0.2) is 54.6 Å². The van der Waals surface area contributed by atoms with Gasteiger partial charge in [0.25, 0.3) is 0 Å². The average molecular weight is 296 g/mol. The van der Waals surface area contributed by atoms with E-state index in [0.29, 0.717) is 0 Å². The van der Waals surface area contributed by atoms with E-state index in [4.69, 9.17) is 19.6 Å². The quantitative estimate of drug-likeness (QED) is 0.304. The summed E-state index contributed by atoms with van der Waals surface area (Å²) in [6.07, 6.45) is -7.80. The molecule has 0 radical (unpaired) electrons. The Labute approximate surface area is 94.0 Å². The summed E-state index contributed by atoms with van der Waals surface area (Å²) in [6.45, 7) is 0. The molecule has 11 nitrogen and oxygen atoms in total. The van der Waals surface area contributed by atoms with Gasteiger partial charge in [-0.15, -0.1) is 0 Å². The number of aliphatic hydroxyl groups is 2. The molecule has 4 atom stereocenters. The zero-order valence-electron chi connectivity index (χ0n) is 7.93. The molecule has 0 saturated carbocycles. The fraction of sp³-hybridized carbons (Fsp3) is 1.00. The third kappa shape index (κ3) is 4.70. The Bertz CT molecular complexity index is 322. The molecule has 0 aromatic rings. The number of phosphoric acid groups is 2. The second-order valence-corrected chi connectivity index (χ2v) is 5.43. The summed E-state index contributed by atoms with van der Waals surface area (Å²) < 4.78 is 33.1. The first-order valence-corrected chi connectivity index (χ1v) is 7.05. The van der Waals surface area contributed by atoms with E-state index in [1.165, 1.54) is 0 Å². The zero-order valence-corrected chi connectivity index (χ0v) is 9.72. The van der Waals surface area contributed by atoms with Crippen LogP contribution in [0.5, 0.6) is 0 Å². The van der Waals surface area contributed by atoms with Crippen molar-refractivity contribution in [3.8, 4) is 0 Å². The molecule has 102 valence electrons. The van der Waals surface area contributed by atoms with Gasteiger partial charge in [0.15, 0.2) is 0 Å². The van der Waals surface area contributed by atoms with E-state index in [2.05, 4.69) is 13.8 Å². The van der Waals surface area contributed by atoms with E-state index in [-0.39, 0.29) is 0 Å². The third-order valence-electron chi connectivity index (χ3n) is 1.66. The van der Waals surface area contributed by atoms with Gasteiger partial charge in [0.1, 0.15) is 12.2 Å². The molecule has 1 unspecified atom stereocenters.